The van der Waals surface area contributed by atoms with E-state index in [1.807, 2.05) is 0 Å². The number of hydrogen-bond donors (Lipinski definition) is 1. The summed E-state index contributed by atoms with van der Waals surface area (Å²) in [5.74, 6) is -0.629. The van der Waals surface area contributed by atoms with E-state index < -0.39 is 11.9 Å². The average molecular weight is 263 g/mol. The van der Waals surface area contributed by atoms with E-state index in [1.54, 1.807) is 25.1 Å². The molecule has 0 saturated carbocycles. The number of ether oxygens (including phenoxy) is 1. The Kier molecular flexibility index (Phi) is 3.81. The predicted molar refractivity (Wildman–Crippen MR) is 70.1 cm³/mol. The molecule has 2 rings (SSSR count). The largest absolute Gasteiger partial charge is 0.494 e. The van der Waals surface area contributed by atoms with Crippen LogP contribution >= 0.6 is 0 Å². The van der Waals surface area contributed by atoms with E-state index >= 15 is 0 Å². The summed E-state index contributed by atoms with van der Waals surface area (Å²) in [4.78, 5) is 0. The summed E-state index contributed by atoms with van der Waals surface area (Å²) >= 11 is 0. The Morgan fingerprint density at radius 3 is 2.26 bits per heavy atom. The Labute approximate surface area is 110 Å². The molecule has 2 aromatic rings. The predicted octanol–water partition coefficient (Wildman–Crippen LogP) is 3.33. The minimum Gasteiger partial charge on any atom is -0.494 e. The molecule has 0 saturated heterocycles. The SMILES string of the molecule is COc1cc(C(N)c2ccc(C)c(F)c2)ccc1F. The summed E-state index contributed by atoms with van der Waals surface area (Å²) in [5.41, 5.74) is 7.93. The van der Waals surface area contributed by atoms with Gasteiger partial charge < -0.3 is 10.5 Å². The molecule has 19 heavy (non-hydrogen) atoms. The molecular formula is C15H15F2NO. The van der Waals surface area contributed by atoms with Crippen molar-refractivity contribution >= 4 is 0 Å². The molecule has 4 heteroatoms. The highest BCUT2D eigenvalue weighted by Crippen LogP contribution is 2.26. The molecule has 0 heterocycles. The van der Waals surface area contributed by atoms with Crippen molar-refractivity contribution in [3.63, 3.8) is 0 Å². The van der Waals surface area contributed by atoms with Crippen molar-refractivity contribution in [3.8, 4) is 5.75 Å². The smallest absolute Gasteiger partial charge is 0.165 e. The average Bonchev–Trinajstić information content (AvgIpc) is 2.41. The van der Waals surface area contributed by atoms with E-state index in [1.165, 1.54) is 25.3 Å². The van der Waals surface area contributed by atoms with E-state index in [0.29, 0.717) is 16.7 Å². The van der Waals surface area contributed by atoms with E-state index in [2.05, 4.69) is 0 Å². The maximum absolute atomic E-state index is 13.5. The molecule has 0 spiro atoms. The second-order valence-corrected chi connectivity index (χ2v) is 4.38. The van der Waals surface area contributed by atoms with Gasteiger partial charge in [0.05, 0.1) is 13.2 Å². The van der Waals surface area contributed by atoms with Crippen LogP contribution in [-0.4, -0.2) is 7.11 Å². The van der Waals surface area contributed by atoms with Gasteiger partial charge in [0.15, 0.2) is 11.6 Å². The topological polar surface area (TPSA) is 35.2 Å². The number of nitrogens with two attached hydrogens (primary N) is 1. The van der Waals surface area contributed by atoms with Crippen LogP contribution in [0.3, 0.4) is 0 Å². The maximum Gasteiger partial charge on any atom is 0.165 e. The number of hydrogen-bond acceptors (Lipinski definition) is 2. The molecule has 1 unspecified atom stereocenters. The Balaban J connectivity index is 2.37. The number of aryl methyl sites for hydroxylation is 1. The van der Waals surface area contributed by atoms with Crippen LogP contribution in [0.5, 0.6) is 5.75 Å². The zero-order chi connectivity index (χ0) is 14.0. The lowest BCUT2D eigenvalue weighted by atomic mass is 9.98. The first kappa shape index (κ1) is 13.5. The molecule has 1 atom stereocenters. The molecule has 2 aromatic carbocycles. The van der Waals surface area contributed by atoms with E-state index in [9.17, 15) is 8.78 Å². The lowest BCUT2D eigenvalue weighted by Crippen LogP contribution is -2.12. The summed E-state index contributed by atoms with van der Waals surface area (Å²) < 4.78 is 31.8. The van der Waals surface area contributed by atoms with Crippen LogP contribution in [0, 0.1) is 18.6 Å². The second kappa shape index (κ2) is 5.36. The lowest BCUT2D eigenvalue weighted by molar-refractivity contribution is 0.385. The third-order valence-electron chi connectivity index (χ3n) is 3.09. The van der Waals surface area contributed by atoms with Crippen LogP contribution in [0.15, 0.2) is 36.4 Å². The first-order valence-electron chi connectivity index (χ1n) is 5.88. The molecule has 0 bridgehead atoms. The van der Waals surface area contributed by atoms with Crippen molar-refractivity contribution in [2.24, 2.45) is 5.73 Å². The van der Waals surface area contributed by atoms with Crippen LogP contribution in [0.4, 0.5) is 8.78 Å². The third-order valence-corrected chi connectivity index (χ3v) is 3.09. The van der Waals surface area contributed by atoms with Crippen molar-refractivity contribution in [3.05, 3.63) is 64.7 Å². The fraction of sp³-hybridized carbons (Fsp3) is 0.200. The first-order valence-corrected chi connectivity index (χ1v) is 5.88. The molecule has 0 aliphatic heterocycles. The van der Waals surface area contributed by atoms with Crippen LogP contribution in [-0.2, 0) is 0 Å². The Hall–Kier alpha value is -1.94. The highest BCUT2D eigenvalue weighted by atomic mass is 19.1. The van der Waals surface area contributed by atoms with Crippen LogP contribution in [0.25, 0.3) is 0 Å². The second-order valence-electron chi connectivity index (χ2n) is 4.38. The quantitative estimate of drug-likeness (QED) is 0.921. The van der Waals surface area contributed by atoms with Crippen LogP contribution < -0.4 is 10.5 Å². The molecule has 2 N–H and O–H groups in total. The van der Waals surface area contributed by atoms with Crippen molar-refractivity contribution in [1.29, 1.82) is 0 Å². The lowest BCUT2D eigenvalue weighted by Gasteiger charge is -2.14. The van der Waals surface area contributed by atoms with E-state index in [0.717, 1.165) is 0 Å². The number of methoxy groups -OCH3 is 1. The summed E-state index contributed by atoms with van der Waals surface area (Å²) in [7, 11) is 1.39. The molecule has 0 amide bonds. The molecule has 0 fully saturated rings. The van der Waals surface area contributed by atoms with Gasteiger partial charge in [0.2, 0.25) is 0 Å². The first-order chi connectivity index (χ1) is 9.02. The Bertz CT molecular complexity index is 599. The molecular weight excluding hydrogens is 248 g/mol. The van der Waals surface area contributed by atoms with Gasteiger partial charge >= 0.3 is 0 Å². The van der Waals surface area contributed by atoms with Crippen molar-refractivity contribution < 1.29 is 13.5 Å². The third kappa shape index (κ3) is 2.74. The molecule has 0 aromatic heterocycles. The van der Waals surface area contributed by atoms with Gasteiger partial charge in [-0.2, -0.15) is 0 Å². The van der Waals surface area contributed by atoms with E-state index in [4.69, 9.17) is 10.5 Å². The van der Waals surface area contributed by atoms with Gasteiger partial charge in [0.1, 0.15) is 5.82 Å². The van der Waals surface area contributed by atoms with Gasteiger partial charge in [0, 0.05) is 0 Å². The van der Waals surface area contributed by atoms with Crippen LogP contribution in [0.2, 0.25) is 0 Å². The van der Waals surface area contributed by atoms with Crippen molar-refractivity contribution in [2.75, 3.05) is 7.11 Å². The van der Waals surface area contributed by atoms with Gasteiger partial charge in [-0.25, -0.2) is 8.78 Å². The zero-order valence-corrected chi connectivity index (χ0v) is 10.8. The monoisotopic (exact) mass is 263 g/mol. The van der Waals surface area contributed by atoms with Gasteiger partial charge in [-0.15, -0.1) is 0 Å². The number of halogens is 2. The van der Waals surface area contributed by atoms with Gasteiger partial charge in [-0.1, -0.05) is 18.2 Å². The molecule has 0 aliphatic rings. The Morgan fingerprint density at radius 1 is 1.00 bits per heavy atom. The molecule has 100 valence electrons. The summed E-state index contributed by atoms with van der Waals surface area (Å²) in [6.07, 6.45) is 0. The summed E-state index contributed by atoms with van der Waals surface area (Å²) in [6, 6.07) is 8.70. The zero-order valence-electron chi connectivity index (χ0n) is 10.8. The fourth-order valence-electron chi connectivity index (χ4n) is 1.86. The normalized spacial score (nSPS) is 12.3. The van der Waals surface area contributed by atoms with Gasteiger partial charge in [0.25, 0.3) is 0 Å². The maximum atomic E-state index is 13.5. The molecule has 0 aliphatic carbocycles. The number of benzene rings is 2. The Morgan fingerprint density at radius 2 is 1.63 bits per heavy atom. The molecule has 0 radical (unpaired) electrons. The molecule has 2 nitrogen and oxygen atoms in total. The van der Waals surface area contributed by atoms with Crippen LogP contribution in [0.1, 0.15) is 22.7 Å². The van der Waals surface area contributed by atoms with Gasteiger partial charge in [-0.05, 0) is 41.8 Å². The highest BCUT2D eigenvalue weighted by Gasteiger charge is 2.13. The van der Waals surface area contributed by atoms with E-state index in [-0.39, 0.29) is 11.6 Å². The number of rotatable bonds is 3. The van der Waals surface area contributed by atoms with Gasteiger partial charge in [-0.3, -0.25) is 0 Å². The standard InChI is InChI=1S/C15H15F2NO/c1-9-3-4-10(7-13(9)17)15(18)11-5-6-12(16)14(8-11)19-2/h3-8,15H,18H2,1-2H3. The minimum atomic E-state index is -0.524. The summed E-state index contributed by atoms with van der Waals surface area (Å²) in [5, 5.41) is 0. The van der Waals surface area contributed by atoms with Crippen molar-refractivity contribution in [2.45, 2.75) is 13.0 Å². The highest BCUT2D eigenvalue weighted by molar-refractivity contribution is 5.38. The summed E-state index contributed by atoms with van der Waals surface area (Å²) in [6.45, 7) is 1.69. The van der Waals surface area contributed by atoms with Crippen molar-refractivity contribution in [1.82, 2.24) is 0 Å². The fourth-order valence-corrected chi connectivity index (χ4v) is 1.86. The minimum absolute atomic E-state index is 0.125.